The van der Waals surface area contributed by atoms with Gasteiger partial charge in [0.05, 0.1) is 6.42 Å². The van der Waals surface area contributed by atoms with Gasteiger partial charge in [0.1, 0.15) is 5.82 Å². The van der Waals surface area contributed by atoms with E-state index in [4.69, 9.17) is 4.98 Å². The van der Waals surface area contributed by atoms with E-state index in [1.54, 1.807) is 11.8 Å². The Kier molecular flexibility index (Phi) is 8.48. The van der Waals surface area contributed by atoms with Crippen molar-refractivity contribution in [1.29, 1.82) is 0 Å². The van der Waals surface area contributed by atoms with Crippen molar-refractivity contribution < 1.29 is 14.7 Å². The molecule has 1 saturated heterocycles. The van der Waals surface area contributed by atoms with E-state index in [2.05, 4.69) is 35.6 Å². The molecule has 1 atom stereocenters. The molecular formula is C27H35N3O3S. The molecule has 0 spiro atoms. The zero-order valence-corrected chi connectivity index (χ0v) is 20.8. The second-order valence-corrected chi connectivity index (χ2v) is 10.4. The highest BCUT2D eigenvalue weighted by atomic mass is 32.2. The molecule has 0 saturated carbocycles. The number of pyridine rings is 1. The van der Waals surface area contributed by atoms with Crippen molar-refractivity contribution in [2.75, 3.05) is 31.2 Å². The lowest BCUT2D eigenvalue weighted by Gasteiger charge is -2.34. The third-order valence-electron chi connectivity index (χ3n) is 7.12. The number of carbonyl (C=O) groups excluding carboxylic acids is 1. The zero-order valence-electron chi connectivity index (χ0n) is 20.0. The second kappa shape index (κ2) is 11.7. The highest BCUT2D eigenvalue weighted by Gasteiger charge is 2.27. The predicted molar refractivity (Wildman–Crippen MR) is 137 cm³/mol. The summed E-state index contributed by atoms with van der Waals surface area (Å²) in [5.74, 6) is 0.884. The van der Waals surface area contributed by atoms with Crippen LogP contribution in [-0.4, -0.2) is 52.8 Å². The maximum absolute atomic E-state index is 12.8. The Balaban J connectivity index is 1.27. The van der Waals surface area contributed by atoms with Crippen molar-refractivity contribution in [3.05, 3.63) is 53.2 Å². The fourth-order valence-corrected chi connectivity index (χ4v) is 5.63. The molecule has 0 bridgehead atoms. The van der Waals surface area contributed by atoms with Crippen LogP contribution in [0.25, 0.3) is 0 Å². The molecule has 2 N–H and O–H groups in total. The number of carboxylic acids is 1. The van der Waals surface area contributed by atoms with Crippen LogP contribution in [0.3, 0.4) is 0 Å². The van der Waals surface area contributed by atoms with Crippen LogP contribution in [0.5, 0.6) is 0 Å². The molecule has 3 heterocycles. The summed E-state index contributed by atoms with van der Waals surface area (Å²) in [6, 6.07) is 12.5. The second-order valence-electron chi connectivity index (χ2n) is 9.47. The first kappa shape index (κ1) is 24.6. The van der Waals surface area contributed by atoms with Crippen LogP contribution in [0, 0.1) is 5.92 Å². The number of thioether (sulfide) groups is 1. The molecule has 1 amide bonds. The van der Waals surface area contributed by atoms with Gasteiger partial charge >= 0.3 is 5.97 Å². The van der Waals surface area contributed by atoms with Gasteiger partial charge in [-0.15, -0.1) is 11.8 Å². The molecule has 7 heteroatoms. The minimum Gasteiger partial charge on any atom is -0.481 e. The maximum atomic E-state index is 12.8. The molecule has 1 aromatic carbocycles. The molecule has 2 aliphatic heterocycles. The third-order valence-corrected chi connectivity index (χ3v) is 7.84. The first-order valence-electron chi connectivity index (χ1n) is 12.4. The van der Waals surface area contributed by atoms with Gasteiger partial charge in [-0.3, -0.25) is 9.59 Å². The van der Waals surface area contributed by atoms with E-state index in [-0.39, 0.29) is 18.2 Å². The summed E-state index contributed by atoms with van der Waals surface area (Å²) in [5, 5.41) is 12.8. The van der Waals surface area contributed by atoms with E-state index >= 15 is 0 Å². The van der Waals surface area contributed by atoms with Gasteiger partial charge in [0, 0.05) is 36.6 Å². The summed E-state index contributed by atoms with van der Waals surface area (Å²) < 4.78 is 0. The number of carbonyl (C=O) groups is 2. The van der Waals surface area contributed by atoms with Crippen molar-refractivity contribution in [2.24, 2.45) is 5.92 Å². The van der Waals surface area contributed by atoms with Gasteiger partial charge in [0.15, 0.2) is 0 Å². The fraction of sp³-hybridized carbons (Fsp3) is 0.519. The highest BCUT2D eigenvalue weighted by Crippen LogP contribution is 2.34. The average Bonchev–Trinajstić information content (AvgIpc) is 2.87. The molecule has 1 fully saturated rings. The Labute approximate surface area is 206 Å². The van der Waals surface area contributed by atoms with Gasteiger partial charge in [0.2, 0.25) is 5.91 Å². The molecule has 1 aromatic heterocycles. The number of carboxylic acid groups (broad SMARTS) is 1. The van der Waals surface area contributed by atoms with E-state index in [1.807, 2.05) is 17.2 Å². The summed E-state index contributed by atoms with van der Waals surface area (Å²) in [6.45, 7) is 2.48. The summed E-state index contributed by atoms with van der Waals surface area (Å²) >= 11 is 1.68. The van der Waals surface area contributed by atoms with Gasteiger partial charge in [0.25, 0.3) is 0 Å². The molecule has 34 heavy (non-hydrogen) atoms. The number of fused-ring (bicyclic) bond motifs is 1. The number of aryl methyl sites for hydroxylation is 2. The number of anilines is 1. The molecule has 2 aromatic rings. The highest BCUT2D eigenvalue weighted by molar-refractivity contribution is 7.98. The van der Waals surface area contributed by atoms with E-state index in [0.717, 1.165) is 73.7 Å². The number of nitrogens with zero attached hydrogens (tertiary/aromatic N) is 2. The van der Waals surface area contributed by atoms with E-state index < -0.39 is 5.97 Å². The van der Waals surface area contributed by atoms with Crippen LogP contribution >= 0.6 is 11.8 Å². The largest absolute Gasteiger partial charge is 0.481 e. The van der Waals surface area contributed by atoms with Crippen molar-refractivity contribution >= 4 is 29.5 Å². The van der Waals surface area contributed by atoms with E-state index in [0.29, 0.717) is 18.8 Å². The molecular weight excluding hydrogens is 446 g/mol. The quantitative estimate of drug-likeness (QED) is 0.492. The molecule has 0 aliphatic carbocycles. The number of nitrogens with one attached hydrogen (secondary N) is 1. The fourth-order valence-electron chi connectivity index (χ4n) is 5.17. The van der Waals surface area contributed by atoms with Crippen LogP contribution in [-0.2, 0) is 22.4 Å². The minimum absolute atomic E-state index is 0.0144. The number of aliphatic carboxylic acids is 1. The number of benzene rings is 1. The Morgan fingerprint density at radius 2 is 2.06 bits per heavy atom. The number of likely N-dealkylation sites (tertiary alicyclic amines) is 1. The molecule has 1 unspecified atom stereocenters. The number of hydrogen-bond acceptors (Lipinski definition) is 5. The summed E-state index contributed by atoms with van der Waals surface area (Å²) in [6.07, 6.45) is 8.29. The van der Waals surface area contributed by atoms with Gasteiger partial charge in [-0.1, -0.05) is 18.2 Å². The Hall–Kier alpha value is -2.54. The first-order chi connectivity index (χ1) is 16.5. The monoisotopic (exact) mass is 481 g/mol. The van der Waals surface area contributed by atoms with E-state index in [1.165, 1.54) is 5.56 Å². The summed E-state index contributed by atoms with van der Waals surface area (Å²) in [4.78, 5) is 32.2. The van der Waals surface area contributed by atoms with Gasteiger partial charge < -0.3 is 15.3 Å². The van der Waals surface area contributed by atoms with Crippen molar-refractivity contribution in [2.45, 2.75) is 62.2 Å². The number of hydrogen-bond donors (Lipinski definition) is 2. The van der Waals surface area contributed by atoms with E-state index in [9.17, 15) is 14.7 Å². The molecule has 2 aliphatic rings. The number of piperidine rings is 1. The lowest BCUT2D eigenvalue weighted by atomic mass is 9.82. The molecule has 0 radical (unpaired) electrons. The Morgan fingerprint density at radius 1 is 1.24 bits per heavy atom. The van der Waals surface area contributed by atoms with Gasteiger partial charge in [-0.25, -0.2) is 4.98 Å². The predicted octanol–water partition coefficient (Wildman–Crippen LogP) is 4.98. The summed E-state index contributed by atoms with van der Waals surface area (Å²) in [5.41, 5.74) is 3.35. The number of rotatable bonds is 9. The van der Waals surface area contributed by atoms with Gasteiger partial charge in [-0.2, -0.15) is 0 Å². The molecule has 4 rings (SSSR count). The van der Waals surface area contributed by atoms with Crippen molar-refractivity contribution in [1.82, 2.24) is 9.88 Å². The normalized spacial score (nSPS) is 17.0. The molecule has 6 nitrogen and oxygen atoms in total. The van der Waals surface area contributed by atoms with Gasteiger partial charge in [-0.05, 0) is 85.9 Å². The standard InChI is InChI=1S/C27H35N3O3S/c1-34-24-6-2-4-21(17-24)22(18-26(32)33)16-19-11-14-30(15-12-19)25(31)10-9-23-8-7-20-5-3-13-28-27(20)29-23/h2,4,6-8,17,19,22H,3,5,9-16,18H2,1H3,(H,28,29)(H,32,33). The van der Waals surface area contributed by atoms with Crippen LogP contribution in [0.2, 0.25) is 0 Å². The number of aromatic nitrogens is 1. The smallest absolute Gasteiger partial charge is 0.303 e. The lowest BCUT2D eigenvalue weighted by molar-refractivity contribution is -0.137. The summed E-state index contributed by atoms with van der Waals surface area (Å²) in [7, 11) is 0. The van der Waals surface area contributed by atoms with Crippen LogP contribution in [0.4, 0.5) is 5.82 Å². The van der Waals surface area contributed by atoms with Crippen LogP contribution < -0.4 is 5.32 Å². The average molecular weight is 482 g/mol. The van der Waals surface area contributed by atoms with Crippen LogP contribution in [0.1, 0.15) is 61.3 Å². The topological polar surface area (TPSA) is 82.5 Å². The third kappa shape index (κ3) is 6.53. The minimum atomic E-state index is -0.752. The Morgan fingerprint density at radius 3 is 2.82 bits per heavy atom. The number of amides is 1. The van der Waals surface area contributed by atoms with Crippen molar-refractivity contribution in [3.63, 3.8) is 0 Å². The Bertz CT molecular complexity index is 1000. The maximum Gasteiger partial charge on any atom is 0.303 e. The van der Waals surface area contributed by atoms with Crippen LogP contribution in [0.15, 0.2) is 41.3 Å². The zero-order chi connectivity index (χ0) is 23.9. The first-order valence-corrected chi connectivity index (χ1v) is 13.6. The van der Waals surface area contributed by atoms with Crippen molar-refractivity contribution in [3.8, 4) is 0 Å². The SMILES string of the molecule is CSc1cccc(C(CC(=O)O)CC2CCN(C(=O)CCc3ccc4c(n3)NCCC4)CC2)c1. The molecule has 182 valence electrons. The lowest BCUT2D eigenvalue weighted by Crippen LogP contribution is -2.39.